The molecular formula is C16H22N2O2. The quantitative estimate of drug-likeness (QED) is 0.838. The summed E-state index contributed by atoms with van der Waals surface area (Å²) in [7, 11) is 0. The van der Waals surface area contributed by atoms with Gasteiger partial charge in [-0.05, 0) is 43.9 Å². The number of benzene rings is 1. The number of carbonyl (C=O) groups excluding carboxylic acids is 2. The lowest BCUT2D eigenvalue weighted by atomic mass is 10.1. The van der Waals surface area contributed by atoms with Gasteiger partial charge >= 0.3 is 0 Å². The van der Waals surface area contributed by atoms with Gasteiger partial charge < -0.3 is 10.6 Å². The molecule has 108 valence electrons. The van der Waals surface area contributed by atoms with Gasteiger partial charge in [-0.3, -0.25) is 9.59 Å². The summed E-state index contributed by atoms with van der Waals surface area (Å²) in [6.07, 6.45) is 3.78. The molecule has 0 aliphatic heterocycles. The molecule has 0 bridgehead atoms. The summed E-state index contributed by atoms with van der Waals surface area (Å²) in [5.74, 6) is 0.140. The molecule has 1 aliphatic rings. The van der Waals surface area contributed by atoms with Crippen molar-refractivity contribution in [3.8, 4) is 0 Å². The SMILES string of the molecule is CCC(CC)NC(=O)c1cccc(NC(=O)C2CC2)c1. The molecule has 0 saturated heterocycles. The van der Waals surface area contributed by atoms with Crippen LogP contribution in [0, 0.1) is 5.92 Å². The van der Waals surface area contributed by atoms with E-state index in [9.17, 15) is 9.59 Å². The standard InChI is InChI=1S/C16H22N2O2/c1-3-13(4-2)17-16(20)12-6-5-7-14(10-12)18-15(19)11-8-9-11/h5-7,10-11,13H,3-4,8-9H2,1-2H3,(H,17,20)(H,18,19). The maximum absolute atomic E-state index is 12.1. The highest BCUT2D eigenvalue weighted by molar-refractivity contribution is 5.98. The van der Waals surface area contributed by atoms with E-state index in [0.29, 0.717) is 11.3 Å². The van der Waals surface area contributed by atoms with Gasteiger partial charge in [0.05, 0.1) is 0 Å². The van der Waals surface area contributed by atoms with E-state index in [4.69, 9.17) is 0 Å². The van der Waals surface area contributed by atoms with Crippen LogP contribution in [0.15, 0.2) is 24.3 Å². The molecule has 1 aliphatic carbocycles. The summed E-state index contributed by atoms with van der Waals surface area (Å²) >= 11 is 0. The van der Waals surface area contributed by atoms with E-state index in [0.717, 1.165) is 25.7 Å². The highest BCUT2D eigenvalue weighted by atomic mass is 16.2. The molecule has 4 heteroatoms. The fraction of sp³-hybridized carbons (Fsp3) is 0.500. The van der Waals surface area contributed by atoms with Gasteiger partial charge in [-0.15, -0.1) is 0 Å². The molecule has 0 heterocycles. The second kappa shape index (κ2) is 6.55. The van der Waals surface area contributed by atoms with Crippen LogP contribution in [0.25, 0.3) is 0 Å². The Kier molecular flexibility index (Phi) is 4.77. The first kappa shape index (κ1) is 14.6. The highest BCUT2D eigenvalue weighted by Crippen LogP contribution is 2.30. The first-order valence-corrected chi connectivity index (χ1v) is 7.35. The van der Waals surface area contributed by atoms with E-state index in [-0.39, 0.29) is 23.8 Å². The minimum atomic E-state index is -0.0822. The maximum atomic E-state index is 12.1. The zero-order chi connectivity index (χ0) is 14.5. The molecule has 4 nitrogen and oxygen atoms in total. The van der Waals surface area contributed by atoms with Crippen molar-refractivity contribution in [3.63, 3.8) is 0 Å². The van der Waals surface area contributed by atoms with Gasteiger partial charge in [0.15, 0.2) is 0 Å². The van der Waals surface area contributed by atoms with Crippen molar-refractivity contribution < 1.29 is 9.59 Å². The van der Waals surface area contributed by atoms with Crippen LogP contribution in [0.1, 0.15) is 49.9 Å². The Morgan fingerprint density at radius 1 is 1.25 bits per heavy atom. The third kappa shape index (κ3) is 3.83. The Morgan fingerprint density at radius 3 is 2.55 bits per heavy atom. The van der Waals surface area contributed by atoms with Crippen molar-refractivity contribution in [2.45, 2.75) is 45.6 Å². The molecule has 1 aromatic rings. The smallest absolute Gasteiger partial charge is 0.251 e. The van der Waals surface area contributed by atoms with Gasteiger partial charge in [-0.25, -0.2) is 0 Å². The van der Waals surface area contributed by atoms with E-state index in [2.05, 4.69) is 24.5 Å². The summed E-state index contributed by atoms with van der Waals surface area (Å²) in [6.45, 7) is 4.11. The number of anilines is 1. The van der Waals surface area contributed by atoms with Crippen molar-refractivity contribution in [3.05, 3.63) is 29.8 Å². The topological polar surface area (TPSA) is 58.2 Å². The summed E-state index contributed by atoms with van der Waals surface area (Å²) in [6, 6.07) is 7.31. The van der Waals surface area contributed by atoms with Gasteiger partial charge in [0, 0.05) is 23.2 Å². The third-order valence-corrected chi connectivity index (χ3v) is 3.66. The Balaban J connectivity index is 2.00. The number of carbonyl (C=O) groups is 2. The van der Waals surface area contributed by atoms with Crippen LogP contribution in [0.3, 0.4) is 0 Å². The number of hydrogen-bond donors (Lipinski definition) is 2. The number of nitrogens with one attached hydrogen (secondary N) is 2. The van der Waals surface area contributed by atoms with Crippen LogP contribution < -0.4 is 10.6 Å². The molecule has 0 unspecified atom stereocenters. The van der Waals surface area contributed by atoms with Crippen LogP contribution in [-0.4, -0.2) is 17.9 Å². The molecule has 2 N–H and O–H groups in total. The molecular weight excluding hydrogens is 252 g/mol. The average Bonchev–Trinajstić information content (AvgIpc) is 3.29. The van der Waals surface area contributed by atoms with Crippen LogP contribution in [0.4, 0.5) is 5.69 Å². The largest absolute Gasteiger partial charge is 0.349 e. The Labute approximate surface area is 119 Å². The number of amides is 2. The molecule has 0 spiro atoms. The van der Waals surface area contributed by atoms with Crippen molar-refractivity contribution in [1.82, 2.24) is 5.32 Å². The lowest BCUT2D eigenvalue weighted by Gasteiger charge is -2.15. The molecule has 0 aromatic heterocycles. The minimum absolute atomic E-state index is 0.0579. The summed E-state index contributed by atoms with van der Waals surface area (Å²) < 4.78 is 0. The molecule has 1 saturated carbocycles. The minimum Gasteiger partial charge on any atom is -0.349 e. The monoisotopic (exact) mass is 274 g/mol. The summed E-state index contributed by atoms with van der Waals surface area (Å²) in [5.41, 5.74) is 1.28. The van der Waals surface area contributed by atoms with E-state index in [1.54, 1.807) is 18.2 Å². The molecule has 1 fully saturated rings. The van der Waals surface area contributed by atoms with Crippen LogP contribution in [-0.2, 0) is 4.79 Å². The normalized spacial score (nSPS) is 14.2. The fourth-order valence-corrected chi connectivity index (χ4v) is 2.09. The third-order valence-electron chi connectivity index (χ3n) is 3.66. The predicted molar refractivity (Wildman–Crippen MR) is 79.6 cm³/mol. The summed E-state index contributed by atoms with van der Waals surface area (Å²) in [4.78, 5) is 23.8. The molecule has 1 aromatic carbocycles. The Bertz CT molecular complexity index is 491. The van der Waals surface area contributed by atoms with Crippen LogP contribution in [0.5, 0.6) is 0 Å². The van der Waals surface area contributed by atoms with Gasteiger partial charge in [0.2, 0.25) is 5.91 Å². The highest BCUT2D eigenvalue weighted by Gasteiger charge is 2.29. The van der Waals surface area contributed by atoms with Crippen LogP contribution in [0.2, 0.25) is 0 Å². The molecule has 0 atom stereocenters. The Morgan fingerprint density at radius 2 is 1.95 bits per heavy atom. The van der Waals surface area contributed by atoms with Crippen LogP contribution >= 0.6 is 0 Å². The lowest BCUT2D eigenvalue weighted by molar-refractivity contribution is -0.117. The zero-order valence-corrected chi connectivity index (χ0v) is 12.1. The van der Waals surface area contributed by atoms with Crippen molar-refractivity contribution >= 4 is 17.5 Å². The number of rotatable bonds is 6. The fourth-order valence-electron chi connectivity index (χ4n) is 2.09. The molecule has 2 rings (SSSR count). The van der Waals surface area contributed by atoms with Gasteiger partial charge in [-0.1, -0.05) is 19.9 Å². The van der Waals surface area contributed by atoms with Crippen molar-refractivity contribution in [2.75, 3.05) is 5.32 Å². The first-order chi connectivity index (χ1) is 9.63. The van der Waals surface area contributed by atoms with Gasteiger partial charge in [0.25, 0.3) is 5.91 Å². The molecule has 2 amide bonds. The van der Waals surface area contributed by atoms with E-state index >= 15 is 0 Å². The second-order valence-electron chi connectivity index (χ2n) is 5.33. The second-order valence-corrected chi connectivity index (χ2v) is 5.33. The average molecular weight is 274 g/mol. The van der Waals surface area contributed by atoms with E-state index < -0.39 is 0 Å². The molecule has 0 radical (unpaired) electrons. The maximum Gasteiger partial charge on any atom is 0.251 e. The Hall–Kier alpha value is -1.84. The molecule has 20 heavy (non-hydrogen) atoms. The van der Waals surface area contributed by atoms with E-state index in [1.165, 1.54) is 0 Å². The zero-order valence-electron chi connectivity index (χ0n) is 12.1. The van der Waals surface area contributed by atoms with Crippen molar-refractivity contribution in [2.24, 2.45) is 5.92 Å². The predicted octanol–water partition coefficient (Wildman–Crippen LogP) is 2.95. The first-order valence-electron chi connectivity index (χ1n) is 7.35. The number of hydrogen-bond acceptors (Lipinski definition) is 2. The van der Waals surface area contributed by atoms with Gasteiger partial charge in [-0.2, -0.15) is 0 Å². The van der Waals surface area contributed by atoms with Gasteiger partial charge in [0.1, 0.15) is 0 Å². The van der Waals surface area contributed by atoms with Crippen molar-refractivity contribution in [1.29, 1.82) is 0 Å². The lowest BCUT2D eigenvalue weighted by Crippen LogP contribution is -2.33. The summed E-state index contributed by atoms with van der Waals surface area (Å²) in [5, 5.41) is 5.86. The van der Waals surface area contributed by atoms with E-state index in [1.807, 2.05) is 6.07 Å².